The lowest BCUT2D eigenvalue weighted by molar-refractivity contribution is 0.244. The van der Waals surface area contributed by atoms with Gasteiger partial charge in [-0.1, -0.05) is 23.2 Å². The summed E-state index contributed by atoms with van der Waals surface area (Å²) >= 11 is 11.6. The normalized spacial score (nSPS) is 10.5. The van der Waals surface area contributed by atoms with Crippen LogP contribution in [-0.2, 0) is 0 Å². The predicted molar refractivity (Wildman–Crippen MR) is 56.6 cm³/mol. The molecule has 0 aromatic heterocycles. The molecule has 0 aliphatic carbocycles. The standard InChI is InChI=1S/C9H11Cl2NO/c1-5(2)13-9-7(11)3-6(10)4-8(9)12/h3-5H,12H2,1-2H3. The number of nitrogens with two attached hydrogens (primary N) is 1. The van der Waals surface area contributed by atoms with Gasteiger partial charge >= 0.3 is 0 Å². The van der Waals surface area contributed by atoms with Gasteiger partial charge in [0.15, 0.2) is 5.75 Å². The Morgan fingerprint density at radius 3 is 2.38 bits per heavy atom. The third-order valence-electron chi connectivity index (χ3n) is 1.39. The van der Waals surface area contributed by atoms with Crippen LogP contribution in [0.5, 0.6) is 5.75 Å². The maximum atomic E-state index is 5.89. The first kappa shape index (κ1) is 10.5. The van der Waals surface area contributed by atoms with Crippen LogP contribution in [0.1, 0.15) is 13.8 Å². The average molecular weight is 220 g/mol. The minimum atomic E-state index is 0.0426. The summed E-state index contributed by atoms with van der Waals surface area (Å²) in [6, 6.07) is 3.22. The third-order valence-corrected chi connectivity index (χ3v) is 1.89. The van der Waals surface area contributed by atoms with Gasteiger partial charge in [-0.2, -0.15) is 0 Å². The van der Waals surface area contributed by atoms with Gasteiger partial charge in [-0.25, -0.2) is 0 Å². The van der Waals surface area contributed by atoms with Gasteiger partial charge in [-0.3, -0.25) is 0 Å². The Hall–Kier alpha value is -0.600. The molecule has 0 heterocycles. The number of benzene rings is 1. The third kappa shape index (κ3) is 2.68. The van der Waals surface area contributed by atoms with Crippen LogP contribution in [0.4, 0.5) is 5.69 Å². The molecule has 13 heavy (non-hydrogen) atoms. The highest BCUT2D eigenvalue weighted by Gasteiger charge is 2.09. The first-order valence-electron chi connectivity index (χ1n) is 3.92. The van der Waals surface area contributed by atoms with Gasteiger partial charge in [0, 0.05) is 5.02 Å². The maximum Gasteiger partial charge on any atom is 0.161 e. The molecule has 0 aliphatic rings. The molecule has 2 N–H and O–H groups in total. The topological polar surface area (TPSA) is 35.2 Å². The first-order valence-corrected chi connectivity index (χ1v) is 4.67. The van der Waals surface area contributed by atoms with Crippen molar-refractivity contribution in [2.24, 2.45) is 0 Å². The lowest BCUT2D eigenvalue weighted by Gasteiger charge is -2.13. The van der Waals surface area contributed by atoms with Gasteiger partial charge in [0.05, 0.1) is 16.8 Å². The summed E-state index contributed by atoms with van der Waals surface area (Å²) in [7, 11) is 0. The van der Waals surface area contributed by atoms with Crippen molar-refractivity contribution in [2.45, 2.75) is 20.0 Å². The second-order valence-corrected chi connectivity index (χ2v) is 3.82. The van der Waals surface area contributed by atoms with E-state index in [4.69, 9.17) is 33.7 Å². The fraction of sp³-hybridized carbons (Fsp3) is 0.333. The molecule has 0 fully saturated rings. The number of hydrogen-bond acceptors (Lipinski definition) is 2. The van der Waals surface area contributed by atoms with Crippen molar-refractivity contribution in [3.8, 4) is 5.75 Å². The second kappa shape index (κ2) is 4.07. The van der Waals surface area contributed by atoms with E-state index in [-0.39, 0.29) is 6.10 Å². The zero-order valence-corrected chi connectivity index (χ0v) is 8.99. The molecule has 0 unspecified atom stereocenters. The summed E-state index contributed by atoms with van der Waals surface area (Å²) in [5.41, 5.74) is 6.14. The second-order valence-electron chi connectivity index (χ2n) is 2.97. The van der Waals surface area contributed by atoms with Crippen molar-refractivity contribution in [1.82, 2.24) is 0 Å². The zero-order valence-electron chi connectivity index (χ0n) is 7.47. The Kier molecular flexibility index (Phi) is 3.28. The fourth-order valence-corrected chi connectivity index (χ4v) is 1.49. The van der Waals surface area contributed by atoms with Gasteiger partial charge in [-0.15, -0.1) is 0 Å². The van der Waals surface area contributed by atoms with E-state index in [1.165, 1.54) is 0 Å². The van der Waals surface area contributed by atoms with Crippen LogP contribution < -0.4 is 10.5 Å². The largest absolute Gasteiger partial charge is 0.487 e. The van der Waals surface area contributed by atoms with Crippen LogP contribution in [0.25, 0.3) is 0 Å². The zero-order chi connectivity index (χ0) is 10.0. The van der Waals surface area contributed by atoms with Crippen molar-refractivity contribution in [3.05, 3.63) is 22.2 Å². The van der Waals surface area contributed by atoms with Gasteiger partial charge < -0.3 is 10.5 Å². The lowest BCUT2D eigenvalue weighted by Crippen LogP contribution is -2.07. The number of ether oxygens (including phenoxy) is 1. The van der Waals surface area contributed by atoms with E-state index in [1.54, 1.807) is 12.1 Å². The molecule has 1 aromatic rings. The SMILES string of the molecule is CC(C)Oc1c(N)cc(Cl)cc1Cl. The van der Waals surface area contributed by atoms with E-state index in [2.05, 4.69) is 0 Å². The molecule has 0 atom stereocenters. The Morgan fingerprint density at radius 1 is 1.31 bits per heavy atom. The van der Waals surface area contributed by atoms with Crippen molar-refractivity contribution >= 4 is 28.9 Å². The molecule has 0 spiro atoms. The summed E-state index contributed by atoms with van der Waals surface area (Å²) in [5, 5.41) is 0.956. The van der Waals surface area contributed by atoms with Gasteiger partial charge in [-0.05, 0) is 26.0 Å². The molecule has 2 nitrogen and oxygen atoms in total. The Morgan fingerprint density at radius 2 is 1.92 bits per heavy atom. The molecule has 1 rings (SSSR count). The summed E-state index contributed by atoms with van der Waals surface area (Å²) in [6.45, 7) is 3.81. The molecule has 0 saturated carbocycles. The van der Waals surface area contributed by atoms with E-state index < -0.39 is 0 Å². The van der Waals surface area contributed by atoms with E-state index in [0.29, 0.717) is 21.5 Å². The van der Waals surface area contributed by atoms with Crippen LogP contribution in [0.3, 0.4) is 0 Å². The summed E-state index contributed by atoms with van der Waals surface area (Å²) < 4.78 is 5.42. The van der Waals surface area contributed by atoms with Crippen LogP contribution in [0, 0.1) is 0 Å². The highest BCUT2D eigenvalue weighted by Crippen LogP contribution is 2.34. The molecule has 0 radical (unpaired) electrons. The molecule has 0 bridgehead atoms. The van der Waals surface area contributed by atoms with Crippen molar-refractivity contribution < 1.29 is 4.74 Å². The first-order chi connectivity index (χ1) is 6.00. The fourth-order valence-electron chi connectivity index (χ4n) is 0.940. The molecule has 1 aromatic carbocycles. The highest BCUT2D eigenvalue weighted by atomic mass is 35.5. The number of halogens is 2. The smallest absolute Gasteiger partial charge is 0.161 e. The predicted octanol–water partition coefficient (Wildman–Crippen LogP) is 3.36. The van der Waals surface area contributed by atoms with E-state index in [9.17, 15) is 0 Å². The molecule has 72 valence electrons. The monoisotopic (exact) mass is 219 g/mol. The average Bonchev–Trinajstić information content (AvgIpc) is 1.96. The van der Waals surface area contributed by atoms with Gasteiger partial charge in [0.25, 0.3) is 0 Å². The minimum Gasteiger partial charge on any atom is -0.487 e. The van der Waals surface area contributed by atoms with Crippen LogP contribution >= 0.6 is 23.2 Å². The van der Waals surface area contributed by atoms with Crippen molar-refractivity contribution in [3.63, 3.8) is 0 Å². The molecule has 4 heteroatoms. The molecular formula is C9H11Cl2NO. The molecule has 0 saturated heterocycles. The quantitative estimate of drug-likeness (QED) is 0.775. The lowest BCUT2D eigenvalue weighted by atomic mass is 10.3. The van der Waals surface area contributed by atoms with Crippen molar-refractivity contribution in [2.75, 3.05) is 5.73 Å². The highest BCUT2D eigenvalue weighted by molar-refractivity contribution is 6.36. The molecular weight excluding hydrogens is 209 g/mol. The Labute approximate surface area is 87.6 Å². The number of anilines is 1. The Balaban J connectivity index is 3.06. The number of rotatable bonds is 2. The Bertz CT molecular complexity index is 289. The van der Waals surface area contributed by atoms with E-state index in [0.717, 1.165) is 0 Å². The summed E-state index contributed by atoms with van der Waals surface area (Å²) in [6.07, 6.45) is 0.0426. The molecule has 0 amide bonds. The van der Waals surface area contributed by atoms with Gasteiger partial charge in [0.1, 0.15) is 0 Å². The number of hydrogen-bond donors (Lipinski definition) is 1. The number of nitrogen functional groups attached to an aromatic ring is 1. The van der Waals surface area contributed by atoms with Gasteiger partial charge in [0.2, 0.25) is 0 Å². The van der Waals surface area contributed by atoms with Crippen LogP contribution in [0.15, 0.2) is 12.1 Å². The maximum absolute atomic E-state index is 5.89. The molecule has 0 aliphatic heterocycles. The van der Waals surface area contributed by atoms with E-state index >= 15 is 0 Å². The van der Waals surface area contributed by atoms with E-state index in [1.807, 2.05) is 13.8 Å². The summed E-state index contributed by atoms with van der Waals surface area (Å²) in [5.74, 6) is 0.501. The minimum absolute atomic E-state index is 0.0426. The summed E-state index contributed by atoms with van der Waals surface area (Å²) in [4.78, 5) is 0. The van der Waals surface area contributed by atoms with Crippen LogP contribution in [0.2, 0.25) is 10.0 Å². The van der Waals surface area contributed by atoms with Crippen molar-refractivity contribution in [1.29, 1.82) is 0 Å². The van der Waals surface area contributed by atoms with Crippen LogP contribution in [-0.4, -0.2) is 6.10 Å².